The first-order valence-electron chi connectivity index (χ1n) is 7.67. The average molecular weight is 383 g/mol. The predicted octanol–water partition coefficient (Wildman–Crippen LogP) is 1.80. The van der Waals surface area contributed by atoms with Gasteiger partial charge in [0.25, 0.3) is 0 Å². The van der Waals surface area contributed by atoms with Crippen LogP contribution < -0.4 is 19.1 Å². The topological polar surface area (TPSA) is 111 Å². The molecule has 26 heavy (non-hydrogen) atoms. The average Bonchev–Trinajstić information content (AvgIpc) is 2.99. The second kappa shape index (κ2) is 8.09. The molecule has 1 amide bonds. The molecule has 2 rings (SSSR count). The Hall–Kier alpha value is -2.75. The highest BCUT2D eigenvalue weighted by Crippen LogP contribution is 2.29. The summed E-state index contributed by atoms with van der Waals surface area (Å²) in [5, 5.41) is 6.39. The van der Waals surface area contributed by atoms with E-state index < -0.39 is 10.0 Å². The van der Waals surface area contributed by atoms with E-state index in [0.29, 0.717) is 22.9 Å². The number of carbonyl (C=O) groups excluding carboxylic acids is 1. The number of hydrogen-bond donors (Lipinski definition) is 1. The summed E-state index contributed by atoms with van der Waals surface area (Å²) in [5.74, 6) is 1.24. The lowest BCUT2D eigenvalue weighted by molar-refractivity contribution is -0.116. The summed E-state index contributed by atoms with van der Waals surface area (Å²) in [6, 6.07) is 6.47. The van der Waals surface area contributed by atoms with Crippen LogP contribution in [0.3, 0.4) is 0 Å². The number of amides is 1. The predicted molar refractivity (Wildman–Crippen MR) is 96.2 cm³/mol. The van der Waals surface area contributed by atoms with E-state index in [9.17, 15) is 13.2 Å². The molecule has 0 saturated carbocycles. The Morgan fingerprint density at radius 1 is 1.27 bits per heavy atom. The van der Waals surface area contributed by atoms with Crippen LogP contribution in [-0.2, 0) is 14.8 Å². The van der Waals surface area contributed by atoms with Gasteiger partial charge < -0.3 is 19.3 Å². The lowest BCUT2D eigenvalue weighted by atomic mass is 10.2. The number of carbonyl (C=O) groups is 1. The lowest BCUT2D eigenvalue weighted by Crippen LogP contribution is -2.33. The largest absolute Gasteiger partial charge is 0.497 e. The Morgan fingerprint density at radius 2 is 2.00 bits per heavy atom. The zero-order valence-electron chi connectivity index (χ0n) is 15.0. The minimum Gasteiger partial charge on any atom is -0.497 e. The lowest BCUT2D eigenvalue weighted by Gasteiger charge is -2.19. The number of aryl methyl sites for hydroxylation is 1. The fourth-order valence-electron chi connectivity index (χ4n) is 2.25. The van der Waals surface area contributed by atoms with Gasteiger partial charge in [-0.15, -0.1) is 0 Å². The summed E-state index contributed by atoms with van der Waals surface area (Å²) in [5.41, 5.74) is 0.431. The number of aromatic nitrogens is 1. The molecule has 0 atom stereocenters. The van der Waals surface area contributed by atoms with Crippen molar-refractivity contribution in [1.29, 1.82) is 0 Å². The number of anilines is 2. The van der Waals surface area contributed by atoms with Crippen LogP contribution in [0, 0.1) is 6.92 Å². The molecule has 1 aromatic heterocycles. The number of hydrogen-bond acceptors (Lipinski definition) is 7. The third-order valence-corrected chi connectivity index (χ3v) is 4.66. The molecule has 142 valence electrons. The van der Waals surface area contributed by atoms with Crippen molar-refractivity contribution in [3.8, 4) is 11.5 Å². The summed E-state index contributed by atoms with van der Waals surface area (Å²) in [6.45, 7) is 1.57. The minimum absolute atomic E-state index is 0.0804. The van der Waals surface area contributed by atoms with Crippen LogP contribution in [0.25, 0.3) is 0 Å². The van der Waals surface area contributed by atoms with E-state index in [1.54, 1.807) is 25.1 Å². The van der Waals surface area contributed by atoms with Crippen molar-refractivity contribution >= 4 is 27.4 Å². The summed E-state index contributed by atoms with van der Waals surface area (Å²) in [6.07, 6.45) is 0.958. The van der Waals surface area contributed by atoms with Crippen LogP contribution in [0.2, 0.25) is 0 Å². The third-order valence-electron chi connectivity index (χ3n) is 3.49. The first kappa shape index (κ1) is 19.6. The summed E-state index contributed by atoms with van der Waals surface area (Å²) in [4.78, 5) is 12.3. The van der Waals surface area contributed by atoms with Crippen molar-refractivity contribution < 1.29 is 27.2 Å². The number of ether oxygens (including phenoxy) is 2. The van der Waals surface area contributed by atoms with Crippen molar-refractivity contribution in [2.75, 3.05) is 36.6 Å². The van der Waals surface area contributed by atoms with E-state index >= 15 is 0 Å². The Balaban J connectivity index is 2.09. The van der Waals surface area contributed by atoms with Crippen molar-refractivity contribution in [3.63, 3.8) is 0 Å². The Morgan fingerprint density at radius 3 is 2.54 bits per heavy atom. The normalized spacial score (nSPS) is 11.1. The maximum Gasteiger partial charge on any atom is 0.233 e. The van der Waals surface area contributed by atoms with Gasteiger partial charge in [-0.2, -0.15) is 0 Å². The van der Waals surface area contributed by atoms with Gasteiger partial charge in [0.05, 0.1) is 26.2 Å². The molecule has 9 nitrogen and oxygen atoms in total. The standard InChI is InChI=1S/C16H21N3O6S/c1-11-9-15(18-25-11)19(26(4,21)22)8-7-16(20)17-13-10-12(23-2)5-6-14(13)24-3/h5-6,9-10H,7-8H2,1-4H3,(H,17,20). The Kier molecular flexibility index (Phi) is 6.09. The third kappa shape index (κ3) is 4.88. The highest BCUT2D eigenvalue weighted by molar-refractivity contribution is 7.92. The quantitative estimate of drug-likeness (QED) is 0.740. The number of methoxy groups -OCH3 is 2. The molecule has 10 heteroatoms. The van der Waals surface area contributed by atoms with Crippen LogP contribution in [0.4, 0.5) is 11.5 Å². The van der Waals surface area contributed by atoms with Crippen molar-refractivity contribution in [3.05, 3.63) is 30.0 Å². The molecule has 0 aliphatic heterocycles. The summed E-state index contributed by atoms with van der Waals surface area (Å²) in [7, 11) is -0.617. The van der Waals surface area contributed by atoms with Crippen molar-refractivity contribution in [2.24, 2.45) is 0 Å². The van der Waals surface area contributed by atoms with Gasteiger partial charge in [-0.05, 0) is 19.1 Å². The zero-order chi connectivity index (χ0) is 19.3. The number of nitrogens with one attached hydrogen (secondary N) is 1. The molecule has 1 N–H and O–H groups in total. The zero-order valence-corrected chi connectivity index (χ0v) is 15.8. The van der Waals surface area contributed by atoms with Gasteiger partial charge in [-0.3, -0.25) is 9.10 Å². The van der Waals surface area contributed by atoms with E-state index in [4.69, 9.17) is 14.0 Å². The summed E-state index contributed by atoms with van der Waals surface area (Å²) < 4.78 is 40.2. The molecule has 0 unspecified atom stereocenters. The van der Waals surface area contributed by atoms with Crippen LogP contribution in [-0.4, -0.2) is 46.5 Å². The van der Waals surface area contributed by atoms with E-state index in [-0.39, 0.29) is 24.7 Å². The maximum absolute atomic E-state index is 12.3. The molecule has 0 spiro atoms. The van der Waals surface area contributed by atoms with Gasteiger partial charge in [0.2, 0.25) is 15.9 Å². The van der Waals surface area contributed by atoms with Crippen molar-refractivity contribution in [1.82, 2.24) is 5.16 Å². The minimum atomic E-state index is -3.61. The van der Waals surface area contributed by atoms with E-state index in [1.807, 2.05) is 0 Å². The summed E-state index contributed by atoms with van der Waals surface area (Å²) >= 11 is 0. The highest BCUT2D eigenvalue weighted by atomic mass is 32.2. The van der Waals surface area contributed by atoms with Crippen LogP contribution >= 0.6 is 0 Å². The van der Waals surface area contributed by atoms with Crippen LogP contribution in [0.15, 0.2) is 28.8 Å². The molecule has 1 aromatic carbocycles. The molecule has 0 saturated heterocycles. The van der Waals surface area contributed by atoms with Crippen LogP contribution in [0.1, 0.15) is 12.2 Å². The van der Waals surface area contributed by atoms with Gasteiger partial charge >= 0.3 is 0 Å². The number of benzene rings is 1. The monoisotopic (exact) mass is 383 g/mol. The number of sulfonamides is 1. The first-order chi connectivity index (χ1) is 12.2. The van der Waals surface area contributed by atoms with Crippen LogP contribution in [0.5, 0.6) is 11.5 Å². The van der Waals surface area contributed by atoms with E-state index in [0.717, 1.165) is 10.6 Å². The fourth-order valence-corrected chi connectivity index (χ4v) is 3.10. The molecule has 1 heterocycles. The van der Waals surface area contributed by atoms with Gasteiger partial charge in [0.1, 0.15) is 17.3 Å². The van der Waals surface area contributed by atoms with Gasteiger partial charge in [0, 0.05) is 25.1 Å². The smallest absolute Gasteiger partial charge is 0.233 e. The molecule has 0 fully saturated rings. The van der Waals surface area contributed by atoms with E-state index in [2.05, 4.69) is 10.5 Å². The van der Waals surface area contributed by atoms with Crippen molar-refractivity contribution in [2.45, 2.75) is 13.3 Å². The maximum atomic E-state index is 12.3. The highest BCUT2D eigenvalue weighted by Gasteiger charge is 2.22. The second-order valence-corrected chi connectivity index (χ2v) is 7.40. The van der Waals surface area contributed by atoms with Gasteiger partial charge in [-0.25, -0.2) is 8.42 Å². The molecule has 0 radical (unpaired) electrons. The molecule has 0 aliphatic rings. The molecular weight excluding hydrogens is 362 g/mol. The van der Waals surface area contributed by atoms with Gasteiger partial charge in [-0.1, -0.05) is 5.16 Å². The molecule has 0 bridgehead atoms. The Labute approximate surface area is 151 Å². The number of nitrogens with zero attached hydrogens (tertiary/aromatic N) is 2. The van der Waals surface area contributed by atoms with E-state index in [1.165, 1.54) is 20.3 Å². The number of rotatable bonds is 8. The van der Waals surface area contributed by atoms with Gasteiger partial charge in [0.15, 0.2) is 5.82 Å². The SMILES string of the molecule is COc1ccc(OC)c(NC(=O)CCN(c2cc(C)on2)S(C)(=O)=O)c1. The molecule has 2 aromatic rings. The molecular formula is C16H21N3O6S. The fraction of sp³-hybridized carbons (Fsp3) is 0.375. The first-order valence-corrected chi connectivity index (χ1v) is 9.52. The Bertz CT molecular complexity index is 878. The second-order valence-electron chi connectivity index (χ2n) is 5.50. The molecule has 0 aliphatic carbocycles.